The Morgan fingerprint density at radius 1 is 1.18 bits per heavy atom. The number of thioether (sulfide) groups is 1. The van der Waals surface area contributed by atoms with Gasteiger partial charge in [0.25, 0.3) is 0 Å². The van der Waals surface area contributed by atoms with Crippen molar-refractivity contribution in [3.63, 3.8) is 0 Å². The zero-order valence-electron chi connectivity index (χ0n) is 15.5. The molecule has 3 aromatic rings. The first-order chi connectivity index (χ1) is 13.6. The number of aromatic nitrogens is 3. The van der Waals surface area contributed by atoms with Crippen molar-refractivity contribution in [3.8, 4) is 5.69 Å². The van der Waals surface area contributed by atoms with Gasteiger partial charge in [-0.15, -0.1) is 10.2 Å². The quantitative estimate of drug-likeness (QED) is 0.612. The van der Waals surface area contributed by atoms with Crippen LogP contribution in [-0.2, 0) is 11.3 Å². The van der Waals surface area contributed by atoms with E-state index in [0.717, 1.165) is 35.1 Å². The molecule has 0 spiro atoms. The summed E-state index contributed by atoms with van der Waals surface area (Å²) in [6.45, 7) is 2.22. The van der Waals surface area contributed by atoms with E-state index in [1.807, 2.05) is 37.3 Å². The Bertz CT molecular complexity index is 954. The fraction of sp³-hybridized carbons (Fsp3) is 0.286. The van der Waals surface area contributed by atoms with E-state index in [4.69, 9.17) is 0 Å². The molecule has 0 bridgehead atoms. The number of benzene rings is 2. The summed E-state index contributed by atoms with van der Waals surface area (Å²) >= 11 is 1.39. The molecule has 0 unspecified atom stereocenters. The summed E-state index contributed by atoms with van der Waals surface area (Å²) in [5, 5.41) is 12.0. The highest BCUT2D eigenvalue weighted by Gasteiger charge is 2.31. The SMILES string of the molecule is C[C@H](Sc1nnc(C2CC2)n1-c1ccccc1)C(=O)NCc1ccc(F)cc1. The van der Waals surface area contributed by atoms with Crippen LogP contribution in [0.1, 0.15) is 37.1 Å². The maximum atomic E-state index is 13.0. The third kappa shape index (κ3) is 4.25. The van der Waals surface area contributed by atoms with Gasteiger partial charge in [0.2, 0.25) is 5.91 Å². The van der Waals surface area contributed by atoms with Crippen LogP contribution in [0.15, 0.2) is 59.8 Å². The molecule has 1 heterocycles. The average Bonchev–Trinajstić information content (AvgIpc) is 3.48. The largest absolute Gasteiger partial charge is 0.351 e. The summed E-state index contributed by atoms with van der Waals surface area (Å²) in [6.07, 6.45) is 2.26. The predicted octanol–water partition coefficient (Wildman–Crippen LogP) is 4.08. The fourth-order valence-electron chi connectivity index (χ4n) is 2.93. The molecule has 144 valence electrons. The lowest BCUT2D eigenvalue weighted by molar-refractivity contribution is -0.120. The molecule has 1 N–H and O–H groups in total. The van der Waals surface area contributed by atoms with Crippen LogP contribution < -0.4 is 5.32 Å². The van der Waals surface area contributed by atoms with Crippen molar-refractivity contribution in [1.29, 1.82) is 0 Å². The molecule has 1 atom stereocenters. The number of para-hydroxylation sites is 1. The minimum Gasteiger partial charge on any atom is -0.351 e. The van der Waals surface area contributed by atoms with Crippen LogP contribution in [0.4, 0.5) is 4.39 Å². The van der Waals surface area contributed by atoms with Crippen molar-refractivity contribution in [2.24, 2.45) is 0 Å². The molecule has 1 aliphatic rings. The van der Waals surface area contributed by atoms with Gasteiger partial charge in [0, 0.05) is 18.2 Å². The summed E-state index contributed by atoms with van der Waals surface area (Å²) in [7, 11) is 0. The summed E-state index contributed by atoms with van der Waals surface area (Å²) in [5.41, 5.74) is 1.87. The molecule has 7 heteroatoms. The lowest BCUT2D eigenvalue weighted by Gasteiger charge is -2.14. The van der Waals surface area contributed by atoms with E-state index in [0.29, 0.717) is 12.5 Å². The number of hydrogen-bond acceptors (Lipinski definition) is 4. The van der Waals surface area contributed by atoms with E-state index >= 15 is 0 Å². The normalized spacial score (nSPS) is 14.6. The Kier molecular flexibility index (Phi) is 5.43. The molecule has 1 aromatic heterocycles. The third-order valence-electron chi connectivity index (χ3n) is 4.65. The molecule has 2 aromatic carbocycles. The Hall–Kier alpha value is -2.67. The predicted molar refractivity (Wildman–Crippen MR) is 107 cm³/mol. The number of rotatable bonds is 7. The zero-order chi connectivity index (χ0) is 19.5. The first-order valence-corrected chi connectivity index (χ1v) is 10.2. The van der Waals surface area contributed by atoms with Gasteiger partial charge >= 0.3 is 0 Å². The highest BCUT2D eigenvalue weighted by Crippen LogP contribution is 2.41. The minimum atomic E-state index is -0.334. The van der Waals surface area contributed by atoms with Crippen LogP contribution in [0.25, 0.3) is 5.69 Å². The van der Waals surface area contributed by atoms with Gasteiger partial charge in [-0.2, -0.15) is 0 Å². The van der Waals surface area contributed by atoms with Gasteiger partial charge in [0.1, 0.15) is 11.6 Å². The van der Waals surface area contributed by atoms with Crippen LogP contribution in [0.5, 0.6) is 0 Å². The van der Waals surface area contributed by atoms with Crippen molar-refractivity contribution < 1.29 is 9.18 Å². The Balaban J connectivity index is 1.46. The molecule has 1 saturated carbocycles. The smallest absolute Gasteiger partial charge is 0.233 e. The molecule has 1 amide bonds. The molecule has 1 fully saturated rings. The first-order valence-electron chi connectivity index (χ1n) is 9.31. The molecular formula is C21H21FN4OS. The van der Waals surface area contributed by atoms with Crippen LogP contribution >= 0.6 is 11.8 Å². The van der Waals surface area contributed by atoms with Gasteiger partial charge in [-0.05, 0) is 49.6 Å². The topological polar surface area (TPSA) is 59.8 Å². The second-order valence-electron chi connectivity index (χ2n) is 6.89. The number of carbonyl (C=O) groups excluding carboxylic acids is 1. The summed E-state index contributed by atoms with van der Waals surface area (Å²) < 4.78 is 15.1. The van der Waals surface area contributed by atoms with E-state index in [9.17, 15) is 9.18 Å². The number of amides is 1. The zero-order valence-corrected chi connectivity index (χ0v) is 16.3. The van der Waals surface area contributed by atoms with Crippen LogP contribution in [0.2, 0.25) is 0 Å². The molecule has 28 heavy (non-hydrogen) atoms. The minimum absolute atomic E-state index is 0.0927. The van der Waals surface area contributed by atoms with E-state index in [2.05, 4.69) is 20.1 Å². The lowest BCUT2D eigenvalue weighted by Crippen LogP contribution is -2.30. The number of hydrogen-bond donors (Lipinski definition) is 1. The van der Waals surface area contributed by atoms with E-state index < -0.39 is 0 Å². The van der Waals surface area contributed by atoms with E-state index in [1.54, 1.807) is 12.1 Å². The molecule has 4 rings (SSSR count). The standard InChI is InChI=1S/C21H21FN4OS/c1-14(20(27)23-13-15-7-11-17(22)12-8-15)28-21-25-24-19(16-9-10-16)26(21)18-5-3-2-4-6-18/h2-8,11-12,14,16H,9-10,13H2,1H3,(H,23,27)/t14-/m0/s1. The second kappa shape index (κ2) is 8.14. The van der Waals surface area contributed by atoms with Crippen molar-refractivity contribution in [2.45, 2.75) is 42.6 Å². The van der Waals surface area contributed by atoms with Gasteiger partial charge in [-0.3, -0.25) is 9.36 Å². The van der Waals surface area contributed by atoms with Gasteiger partial charge in [0.05, 0.1) is 5.25 Å². The Labute approximate surface area is 167 Å². The highest BCUT2D eigenvalue weighted by atomic mass is 32.2. The lowest BCUT2D eigenvalue weighted by atomic mass is 10.2. The number of carbonyl (C=O) groups is 1. The van der Waals surface area contributed by atoms with Gasteiger partial charge in [-0.1, -0.05) is 42.1 Å². The van der Waals surface area contributed by atoms with Crippen LogP contribution in [0.3, 0.4) is 0 Å². The van der Waals surface area contributed by atoms with Crippen molar-refractivity contribution in [3.05, 3.63) is 71.8 Å². The van der Waals surface area contributed by atoms with Crippen LogP contribution in [0, 0.1) is 5.82 Å². The highest BCUT2D eigenvalue weighted by molar-refractivity contribution is 8.00. The maximum absolute atomic E-state index is 13.0. The van der Waals surface area contributed by atoms with Gasteiger partial charge < -0.3 is 5.32 Å². The van der Waals surface area contributed by atoms with E-state index in [1.165, 1.54) is 23.9 Å². The molecule has 1 aliphatic carbocycles. The Morgan fingerprint density at radius 2 is 1.89 bits per heavy atom. The van der Waals surface area contributed by atoms with Crippen molar-refractivity contribution in [2.75, 3.05) is 0 Å². The third-order valence-corrected chi connectivity index (χ3v) is 5.69. The van der Waals surface area contributed by atoms with Gasteiger partial charge in [-0.25, -0.2) is 4.39 Å². The van der Waals surface area contributed by atoms with E-state index in [-0.39, 0.29) is 17.0 Å². The summed E-state index contributed by atoms with van der Waals surface area (Å²) in [5.74, 6) is 1.04. The monoisotopic (exact) mass is 396 g/mol. The fourth-order valence-corrected chi connectivity index (χ4v) is 3.83. The molecule has 0 radical (unpaired) electrons. The molecular weight excluding hydrogens is 375 g/mol. The van der Waals surface area contributed by atoms with Crippen LogP contribution in [-0.4, -0.2) is 25.9 Å². The Morgan fingerprint density at radius 3 is 2.57 bits per heavy atom. The maximum Gasteiger partial charge on any atom is 0.233 e. The number of nitrogens with one attached hydrogen (secondary N) is 1. The van der Waals surface area contributed by atoms with Crippen molar-refractivity contribution in [1.82, 2.24) is 20.1 Å². The first kappa shape index (κ1) is 18.7. The molecule has 0 aliphatic heterocycles. The summed E-state index contributed by atoms with van der Waals surface area (Å²) in [6, 6.07) is 16.1. The summed E-state index contributed by atoms with van der Waals surface area (Å²) in [4.78, 5) is 12.5. The van der Waals surface area contributed by atoms with Gasteiger partial charge in [0.15, 0.2) is 5.16 Å². The molecule has 5 nitrogen and oxygen atoms in total. The number of halogens is 1. The average molecular weight is 396 g/mol. The number of nitrogens with zero attached hydrogens (tertiary/aromatic N) is 3. The van der Waals surface area contributed by atoms with Crippen molar-refractivity contribution >= 4 is 17.7 Å². The second-order valence-corrected chi connectivity index (χ2v) is 8.20. The molecule has 0 saturated heterocycles.